The number of nitriles is 1. The zero-order valence-corrected chi connectivity index (χ0v) is 20.0. The van der Waals surface area contributed by atoms with Gasteiger partial charge in [0.2, 0.25) is 11.8 Å². The summed E-state index contributed by atoms with van der Waals surface area (Å²) in [6.07, 6.45) is 0. The van der Waals surface area contributed by atoms with E-state index in [1.54, 1.807) is 6.92 Å². The third-order valence-electron chi connectivity index (χ3n) is 5.60. The van der Waals surface area contributed by atoms with Crippen molar-refractivity contribution in [3.05, 3.63) is 107 Å². The highest BCUT2D eigenvalue weighted by molar-refractivity contribution is 8.03. The second kappa shape index (κ2) is 11.3. The fourth-order valence-electron chi connectivity index (χ4n) is 4.01. The predicted octanol–water partition coefficient (Wildman–Crippen LogP) is 5.61. The Morgan fingerprint density at radius 1 is 0.886 bits per heavy atom. The lowest BCUT2D eigenvalue weighted by atomic mass is 9.77. The smallest absolute Gasteiger partial charge is 0.234 e. The average Bonchev–Trinajstić information content (AvgIpc) is 2.88. The number of carbonyl (C=O) groups is 2. The van der Waals surface area contributed by atoms with E-state index in [1.165, 1.54) is 11.8 Å². The molecule has 1 unspecified atom stereocenters. The number of hydrogen-bond acceptors (Lipinski definition) is 5. The molecule has 3 aromatic carbocycles. The Morgan fingerprint density at radius 2 is 1.43 bits per heavy atom. The lowest BCUT2D eigenvalue weighted by molar-refractivity contribution is -0.118. The molecule has 0 fully saturated rings. The van der Waals surface area contributed by atoms with Crippen LogP contribution in [0.2, 0.25) is 0 Å². The van der Waals surface area contributed by atoms with Crippen molar-refractivity contribution in [3.8, 4) is 6.07 Å². The van der Waals surface area contributed by atoms with Gasteiger partial charge in [0.1, 0.15) is 5.03 Å². The van der Waals surface area contributed by atoms with Crippen molar-refractivity contribution >= 4 is 40.7 Å². The van der Waals surface area contributed by atoms with Crippen LogP contribution in [0.25, 0.3) is 0 Å². The summed E-state index contributed by atoms with van der Waals surface area (Å²) in [5.41, 5.74) is 3.20. The summed E-state index contributed by atoms with van der Waals surface area (Å²) < 4.78 is 0. The van der Waals surface area contributed by atoms with E-state index in [9.17, 15) is 14.9 Å². The summed E-state index contributed by atoms with van der Waals surface area (Å²) in [5.74, 6) is -1.50. The molecule has 2 atom stereocenters. The Balaban J connectivity index is 1.61. The molecule has 1 aliphatic rings. The minimum absolute atomic E-state index is 0.0918. The van der Waals surface area contributed by atoms with E-state index >= 15 is 0 Å². The van der Waals surface area contributed by atoms with Crippen LogP contribution in [-0.4, -0.2) is 23.3 Å². The first-order chi connectivity index (χ1) is 17.1. The number of rotatable bonds is 7. The predicted molar refractivity (Wildman–Crippen MR) is 141 cm³/mol. The summed E-state index contributed by atoms with van der Waals surface area (Å²) >= 11 is 1.20. The summed E-state index contributed by atoms with van der Waals surface area (Å²) in [6, 6.07) is 30.2. The molecular formula is C28H24N4O2S. The van der Waals surface area contributed by atoms with Crippen molar-refractivity contribution in [1.82, 2.24) is 0 Å². The highest BCUT2D eigenvalue weighted by atomic mass is 32.2. The van der Waals surface area contributed by atoms with Crippen LogP contribution in [0.4, 0.5) is 11.4 Å². The van der Waals surface area contributed by atoms with Crippen LogP contribution in [0.3, 0.4) is 0 Å². The molecule has 4 rings (SSSR count). The molecule has 0 saturated carbocycles. The Bertz CT molecular complexity index is 1300. The van der Waals surface area contributed by atoms with Gasteiger partial charge in [-0.15, -0.1) is 0 Å². The van der Waals surface area contributed by atoms with Gasteiger partial charge in [-0.2, -0.15) is 5.26 Å². The first-order valence-electron chi connectivity index (χ1n) is 11.1. The van der Waals surface area contributed by atoms with E-state index in [0.717, 1.165) is 5.56 Å². The van der Waals surface area contributed by atoms with E-state index in [4.69, 9.17) is 0 Å². The average molecular weight is 481 g/mol. The van der Waals surface area contributed by atoms with Gasteiger partial charge < -0.3 is 10.6 Å². The van der Waals surface area contributed by atoms with Gasteiger partial charge in [0.25, 0.3) is 0 Å². The van der Waals surface area contributed by atoms with Gasteiger partial charge in [0.15, 0.2) is 0 Å². The van der Waals surface area contributed by atoms with Crippen molar-refractivity contribution in [2.75, 3.05) is 16.4 Å². The number of nitrogens with one attached hydrogen (secondary N) is 2. The molecule has 174 valence electrons. The van der Waals surface area contributed by atoms with Gasteiger partial charge in [-0.25, -0.2) is 4.99 Å². The highest BCUT2D eigenvalue weighted by Gasteiger charge is 2.39. The minimum Gasteiger partial charge on any atom is -0.325 e. The standard InChI is InChI=1S/C28H24N4O2S/c1-19-25(27(34)32-22-15-9-4-10-16-22)26(20-11-5-2-6-12-20)23(17-29)28(30-19)35-18-24(33)31-21-13-7-3-8-14-21/h2-16,25-26H,18H2,1H3,(H,31,33)(H,32,34)/t25?,26-/m1/s1. The number of amides is 2. The van der Waals surface area contributed by atoms with E-state index < -0.39 is 11.8 Å². The number of hydrogen-bond donors (Lipinski definition) is 2. The lowest BCUT2D eigenvalue weighted by Crippen LogP contribution is -2.36. The first-order valence-corrected chi connectivity index (χ1v) is 12.1. The minimum atomic E-state index is -0.658. The third-order valence-corrected chi connectivity index (χ3v) is 6.59. The first kappa shape index (κ1) is 24.0. The molecule has 6 nitrogen and oxygen atoms in total. The van der Waals surface area contributed by atoms with E-state index in [-0.39, 0.29) is 17.6 Å². The van der Waals surface area contributed by atoms with Gasteiger partial charge in [-0.3, -0.25) is 9.59 Å². The zero-order chi connectivity index (χ0) is 24.6. The second-order valence-corrected chi connectivity index (χ2v) is 8.97. The Morgan fingerprint density at radius 3 is 2.00 bits per heavy atom. The molecular weight excluding hydrogens is 456 g/mol. The van der Waals surface area contributed by atoms with Gasteiger partial charge in [0.05, 0.1) is 23.3 Å². The lowest BCUT2D eigenvalue weighted by Gasteiger charge is -2.31. The maximum Gasteiger partial charge on any atom is 0.234 e. The van der Waals surface area contributed by atoms with Gasteiger partial charge in [-0.1, -0.05) is 78.5 Å². The van der Waals surface area contributed by atoms with Crippen LogP contribution < -0.4 is 10.6 Å². The summed E-state index contributed by atoms with van der Waals surface area (Å²) in [5, 5.41) is 16.4. The van der Waals surface area contributed by atoms with Crippen LogP contribution in [0.5, 0.6) is 0 Å². The molecule has 2 N–H and O–H groups in total. The number of aliphatic imine (C=N–C) groups is 1. The molecule has 0 aliphatic carbocycles. The molecule has 7 heteroatoms. The van der Waals surface area contributed by atoms with E-state index in [2.05, 4.69) is 21.7 Å². The van der Waals surface area contributed by atoms with Crippen molar-refractivity contribution in [1.29, 1.82) is 5.26 Å². The van der Waals surface area contributed by atoms with Gasteiger partial charge in [0, 0.05) is 23.0 Å². The zero-order valence-electron chi connectivity index (χ0n) is 19.1. The molecule has 1 aliphatic heterocycles. The maximum absolute atomic E-state index is 13.4. The number of thioether (sulfide) groups is 1. The second-order valence-electron chi connectivity index (χ2n) is 8.01. The Kier molecular flexibility index (Phi) is 7.76. The molecule has 0 aromatic heterocycles. The van der Waals surface area contributed by atoms with Crippen molar-refractivity contribution in [2.24, 2.45) is 10.9 Å². The normalized spacial score (nSPS) is 17.2. The third kappa shape index (κ3) is 5.86. The van der Waals surface area contributed by atoms with Crippen LogP contribution >= 0.6 is 11.8 Å². The fourth-order valence-corrected chi connectivity index (χ4v) is 4.89. The molecule has 1 heterocycles. The van der Waals surface area contributed by atoms with Gasteiger partial charge >= 0.3 is 0 Å². The number of para-hydroxylation sites is 2. The fraction of sp³-hybridized carbons (Fsp3) is 0.143. The SMILES string of the molecule is CC1=NC(SCC(=O)Nc2ccccc2)=C(C#N)[C@@H](c2ccccc2)C1C(=O)Nc1ccccc1. The maximum atomic E-state index is 13.4. The molecule has 2 amide bonds. The highest BCUT2D eigenvalue weighted by Crippen LogP contribution is 2.42. The van der Waals surface area contributed by atoms with Crippen molar-refractivity contribution in [2.45, 2.75) is 12.8 Å². The van der Waals surface area contributed by atoms with Crippen LogP contribution in [0.15, 0.2) is 107 Å². The number of anilines is 2. The molecule has 0 bridgehead atoms. The largest absolute Gasteiger partial charge is 0.325 e. The van der Waals surface area contributed by atoms with Crippen LogP contribution in [-0.2, 0) is 9.59 Å². The van der Waals surface area contributed by atoms with E-state index in [0.29, 0.717) is 27.7 Å². The van der Waals surface area contributed by atoms with E-state index in [1.807, 2.05) is 91.0 Å². The molecule has 0 spiro atoms. The van der Waals surface area contributed by atoms with Crippen LogP contribution in [0, 0.1) is 17.2 Å². The Labute approximate surface area is 208 Å². The van der Waals surface area contributed by atoms with Crippen molar-refractivity contribution < 1.29 is 9.59 Å². The number of allylic oxidation sites excluding steroid dienone is 1. The molecule has 3 aromatic rings. The summed E-state index contributed by atoms with van der Waals surface area (Å²) in [4.78, 5) is 30.5. The molecule has 35 heavy (non-hydrogen) atoms. The summed E-state index contributed by atoms with van der Waals surface area (Å²) in [7, 11) is 0. The van der Waals surface area contributed by atoms with Crippen molar-refractivity contribution in [3.63, 3.8) is 0 Å². The number of carbonyl (C=O) groups excluding carboxylic acids is 2. The number of nitrogens with zero attached hydrogens (tertiary/aromatic N) is 2. The monoisotopic (exact) mass is 480 g/mol. The topological polar surface area (TPSA) is 94.3 Å². The summed E-state index contributed by atoms with van der Waals surface area (Å²) in [6.45, 7) is 1.80. The van der Waals surface area contributed by atoms with Crippen LogP contribution in [0.1, 0.15) is 18.4 Å². The molecule has 0 radical (unpaired) electrons. The quantitative estimate of drug-likeness (QED) is 0.460. The molecule has 0 saturated heterocycles. The number of benzene rings is 3. The van der Waals surface area contributed by atoms with Gasteiger partial charge in [-0.05, 0) is 36.8 Å². The Hall–Kier alpha value is -4.15.